The molecule has 0 aromatic heterocycles. The van der Waals surface area contributed by atoms with E-state index < -0.39 is 12.0 Å². The number of ether oxygens (including phenoxy) is 1. The number of carbonyl (C=O) groups excluding carboxylic acids is 1. The Balaban J connectivity index is 0. The molecule has 0 aliphatic carbocycles. The van der Waals surface area contributed by atoms with E-state index in [1.807, 2.05) is 0 Å². The minimum absolute atomic E-state index is 0. The van der Waals surface area contributed by atoms with E-state index in [9.17, 15) is 4.79 Å². The summed E-state index contributed by atoms with van der Waals surface area (Å²) < 4.78 is 4.40. The van der Waals surface area contributed by atoms with Crippen molar-refractivity contribution in [1.82, 2.24) is 5.48 Å². The van der Waals surface area contributed by atoms with Crippen LogP contribution in [0.2, 0.25) is 0 Å². The van der Waals surface area contributed by atoms with Gasteiger partial charge in [0.15, 0.2) is 0 Å². The van der Waals surface area contributed by atoms with Crippen molar-refractivity contribution in [3.05, 3.63) is 0 Å². The maximum absolute atomic E-state index is 10.5. The van der Waals surface area contributed by atoms with Crippen molar-refractivity contribution in [3.63, 3.8) is 0 Å². The summed E-state index contributed by atoms with van der Waals surface area (Å²) in [6, 6.07) is 0.223. The molecule has 0 aromatic carbocycles. The van der Waals surface area contributed by atoms with Gasteiger partial charge < -0.3 is 9.94 Å². The number of hydrogen-bond donors (Lipinski definition) is 2. The molecule has 0 amide bonds. The zero-order chi connectivity index (χ0) is 7.98. The first-order valence-corrected chi connectivity index (χ1v) is 2.72. The van der Waals surface area contributed by atoms with Gasteiger partial charge in [-0.2, -0.15) is 10.7 Å². The second-order valence-electron chi connectivity index (χ2n) is 1.44. The van der Waals surface area contributed by atoms with E-state index >= 15 is 0 Å². The van der Waals surface area contributed by atoms with Crippen LogP contribution in [-0.4, -0.2) is 23.8 Å². The van der Waals surface area contributed by atoms with Crippen LogP contribution in [0.3, 0.4) is 0 Å². The molecule has 2 N–H and O–H groups in total. The van der Waals surface area contributed by atoms with E-state index in [1.54, 1.807) is 6.92 Å². The zero-order valence-electron chi connectivity index (χ0n) is 6.00. The maximum Gasteiger partial charge on any atom is 0.340 e. The predicted molar refractivity (Wildman–Crippen MR) is 31.0 cm³/mol. The molecular weight excluding hydrogens is 374 g/mol. The molecule has 0 aromatic rings. The summed E-state index contributed by atoms with van der Waals surface area (Å²) in [5.74, 6) is -0.771. The van der Waals surface area contributed by atoms with Crippen LogP contribution in [0.15, 0.2) is 0 Å². The van der Waals surface area contributed by atoms with E-state index in [0.29, 0.717) is 0 Å². The van der Waals surface area contributed by atoms with E-state index in [2.05, 4.69) is 4.74 Å². The Hall–Kier alpha value is -0.0681. The number of nitriles is 1. The SMILES string of the molecule is CCOC(=O)C(C#N)NO.[U]. The molecule has 0 saturated heterocycles. The Labute approximate surface area is 88.0 Å². The summed E-state index contributed by atoms with van der Waals surface area (Å²) in [6.45, 7) is 1.81. The molecule has 0 saturated carbocycles. The topological polar surface area (TPSA) is 82.4 Å². The molecule has 0 heterocycles. The van der Waals surface area contributed by atoms with Crippen LogP contribution >= 0.6 is 0 Å². The van der Waals surface area contributed by atoms with Gasteiger partial charge in [-0.15, -0.1) is 0 Å². The third-order valence-corrected chi connectivity index (χ3v) is 0.780. The summed E-state index contributed by atoms with van der Waals surface area (Å²) in [5.41, 5.74) is 1.50. The smallest absolute Gasteiger partial charge is 0.340 e. The molecular formula is C5H8N2O3U. The van der Waals surface area contributed by atoms with Crippen molar-refractivity contribution >= 4 is 5.97 Å². The van der Waals surface area contributed by atoms with Gasteiger partial charge >= 0.3 is 5.97 Å². The maximum atomic E-state index is 10.5. The molecule has 0 spiro atoms. The molecule has 11 heavy (non-hydrogen) atoms. The standard InChI is InChI=1S/C5H8N2O3.U/c1-2-10-5(8)4(3-6)7-9;/h4,7,9H,2H2,1H3;. The molecule has 6 heteroatoms. The van der Waals surface area contributed by atoms with Gasteiger partial charge in [0.1, 0.15) is 0 Å². The second kappa shape index (κ2) is 8.03. The molecule has 1 unspecified atom stereocenters. The molecule has 0 rings (SSSR count). The molecule has 5 nitrogen and oxygen atoms in total. The quantitative estimate of drug-likeness (QED) is 0.504. The van der Waals surface area contributed by atoms with E-state index in [1.165, 1.54) is 11.5 Å². The molecule has 0 fully saturated rings. The van der Waals surface area contributed by atoms with Crippen LogP contribution in [0.25, 0.3) is 0 Å². The van der Waals surface area contributed by atoms with Gasteiger partial charge in [-0.05, 0) is 6.92 Å². The van der Waals surface area contributed by atoms with Gasteiger partial charge in [0, 0.05) is 31.1 Å². The van der Waals surface area contributed by atoms with Gasteiger partial charge in [0.25, 0.3) is 0 Å². The number of hydroxylamine groups is 1. The Bertz CT molecular complexity index is 156. The van der Waals surface area contributed by atoms with Crippen LogP contribution < -0.4 is 5.48 Å². The van der Waals surface area contributed by atoms with Crippen LogP contribution in [0.1, 0.15) is 6.92 Å². The summed E-state index contributed by atoms with van der Waals surface area (Å²) in [7, 11) is 0. The fourth-order valence-electron chi connectivity index (χ4n) is 0.360. The fraction of sp³-hybridized carbons (Fsp3) is 0.600. The number of carbonyl (C=O) groups is 1. The zero-order valence-corrected chi connectivity index (χ0v) is 10.2. The third kappa shape index (κ3) is 5.23. The molecule has 0 bridgehead atoms. The minimum Gasteiger partial charge on any atom is -0.464 e. The Kier molecular flexibility index (Phi) is 9.87. The van der Waals surface area contributed by atoms with Crippen molar-refractivity contribution < 1.29 is 45.9 Å². The van der Waals surface area contributed by atoms with E-state index in [-0.39, 0.29) is 37.7 Å². The van der Waals surface area contributed by atoms with E-state index in [0.717, 1.165) is 0 Å². The summed E-state index contributed by atoms with van der Waals surface area (Å²) >= 11 is 0. The fourth-order valence-corrected chi connectivity index (χ4v) is 0.360. The summed E-state index contributed by atoms with van der Waals surface area (Å²) in [6.07, 6.45) is 0. The number of nitrogens with one attached hydrogen (secondary N) is 1. The van der Waals surface area contributed by atoms with Gasteiger partial charge in [-0.3, -0.25) is 0 Å². The summed E-state index contributed by atoms with van der Waals surface area (Å²) in [4.78, 5) is 10.5. The average Bonchev–Trinajstić information content (AvgIpc) is 1.91. The third-order valence-electron chi connectivity index (χ3n) is 0.780. The molecule has 0 radical (unpaired) electrons. The van der Waals surface area contributed by atoms with Crippen LogP contribution in [-0.2, 0) is 9.53 Å². The van der Waals surface area contributed by atoms with Crippen molar-refractivity contribution in [2.45, 2.75) is 13.0 Å². The largest absolute Gasteiger partial charge is 0.464 e. The first kappa shape index (κ1) is 13.5. The number of rotatable bonds is 3. The van der Waals surface area contributed by atoms with Crippen LogP contribution in [0, 0.1) is 42.4 Å². The Morgan fingerprint density at radius 2 is 2.45 bits per heavy atom. The van der Waals surface area contributed by atoms with Gasteiger partial charge in [0.2, 0.25) is 6.04 Å². The van der Waals surface area contributed by atoms with Crippen molar-refractivity contribution in [3.8, 4) is 6.07 Å². The number of hydrogen-bond acceptors (Lipinski definition) is 5. The molecule has 1 atom stereocenters. The van der Waals surface area contributed by atoms with Crippen molar-refractivity contribution in [1.29, 1.82) is 5.26 Å². The molecule has 0 aliphatic rings. The average molecular weight is 382 g/mol. The van der Waals surface area contributed by atoms with Crippen molar-refractivity contribution in [2.75, 3.05) is 6.61 Å². The number of nitrogens with zero attached hydrogens (tertiary/aromatic N) is 1. The molecule has 60 valence electrons. The monoisotopic (exact) mass is 382 g/mol. The Morgan fingerprint density at radius 3 is 2.73 bits per heavy atom. The van der Waals surface area contributed by atoms with E-state index in [4.69, 9.17) is 10.5 Å². The first-order chi connectivity index (χ1) is 4.76. The second-order valence-corrected chi connectivity index (χ2v) is 1.44. The van der Waals surface area contributed by atoms with Crippen LogP contribution in [0.4, 0.5) is 0 Å². The van der Waals surface area contributed by atoms with Crippen molar-refractivity contribution in [2.24, 2.45) is 0 Å². The van der Waals surface area contributed by atoms with Crippen LogP contribution in [0.5, 0.6) is 0 Å². The first-order valence-electron chi connectivity index (χ1n) is 2.72. The number of esters is 1. The summed E-state index contributed by atoms with van der Waals surface area (Å²) in [5, 5.41) is 16.3. The minimum atomic E-state index is -1.28. The normalized spacial score (nSPS) is 10.6. The van der Waals surface area contributed by atoms with Gasteiger partial charge in [-0.1, -0.05) is 0 Å². The predicted octanol–water partition coefficient (Wildman–Crippen LogP) is -0.580. The molecule has 0 aliphatic heterocycles. The van der Waals surface area contributed by atoms with Gasteiger partial charge in [-0.25, -0.2) is 4.79 Å². The van der Waals surface area contributed by atoms with Gasteiger partial charge in [0.05, 0.1) is 12.7 Å². The Morgan fingerprint density at radius 1 is 1.91 bits per heavy atom.